The first-order valence-electron chi connectivity index (χ1n) is 7.28. The molecule has 5 heteroatoms. The molecule has 2 aromatic rings. The number of anilines is 1. The number of nitrogens with two attached hydrogens (primary N) is 1. The van der Waals surface area contributed by atoms with Crippen molar-refractivity contribution in [1.29, 1.82) is 0 Å². The summed E-state index contributed by atoms with van der Waals surface area (Å²) in [4.78, 5) is 10.9. The van der Waals surface area contributed by atoms with Gasteiger partial charge in [0.15, 0.2) is 5.75 Å². The number of aryl methyl sites for hydroxylation is 1. The maximum atomic E-state index is 5.91. The van der Waals surface area contributed by atoms with Gasteiger partial charge in [-0.3, -0.25) is 0 Å². The quantitative estimate of drug-likeness (QED) is 0.938. The minimum atomic E-state index is 0.311. The van der Waals surface area contributed by atoms with Crippen LogP contribution in [0.1, 0.15) is 18.4 Å². The highest BCUT2D eigenvalue weighted by Gasteiger charge is 2.18. The molecule has 0 atom stereocenters. The molecule has 1 fully saturated rings. The Hall–Kier alpha value is -2.14. The second-order valence-corrected chi connectivity index (χ2v) is 5.46. The first-order chi connectivity index (χ1) is 10.2. The molecule has 0 saturated carbocycles. The zero-order valence-corrected chi connectivity index (χ0v) is 12.2. The van der Waals surface area contributed by atoms with Crippen LogP contribution in [0.5, 0.6) is 11.5 Å². The number of hydrogen-bond donors (Lipinski definition) is 1. The normalized spacial score (nSPS) is 16.0. The highest BCUT2D eigenvalue weighted by Crippen LogP contribution is 2.22. The number of ether oxygens (including phenoxy) is 1. The second kappa shape index (κ2) is 6.10. The van der Waals surface area contributed by atoms with E-state index >= 15 is 0 Å². The van der Waals surface area contributed by atoms with Crippen molar-refractivity contribution in [2.45, 2.75) is 25.8 Å². The highest BCUT2D eigenvalue weighted by atomic mass is 16.5. The summed E-state index contributed by atoms with van der Waals surface area (Å²) in [5.74, 6) is 2.19. The lowest BCUT2D eigenvalue weighted by Crippen LogP contribution is -2.40. The van der Waals surface area contributed by atoms with Crippen molar-refractivity contribution in [3.8, 4) is 11.5 Å². The number of nitrogens with zero attached hydrogens (tertiary/aromatic N) is 3. The topological polar surface area (TPSA) is 64.3 Å². The van der Waals surface area contributed by atoms with Gasteiger partial charge >= 0.3 is 0 Å². The van der Waals surface area contributed by atoms with Crippen molar-refractivity contribution in [2.24, 2.45) is 5.73 Å². The minimum absolute atomic E-state index is 0.311. The third-order valence-electron chi connectivity index (χ3n) is 3.69. The van der Waals surface area contributed by atoms with E-state index in [-0.39, 0.29) is 0 Å². The van der Waals surface area contributed by atoms with Crippen LogP contribution >= 0.6 is 0 Å². The summed E-state index contributed by atoms with van der Waals surface area (Å²) in [6.07, 6.45) is 5.42. The molecule has 0 aliphatic carbocycles. The van der Waals surface area contributed by atoms with Gasteiger partial charge in [0.05, 0.1) is 12.4 Å². The zero-order chi connectivity index (χ0) is 14.7. The molecule has 0 bridgehead atoms. The lowest BCUT2D eigenvalue weighted by atomic mass is 10.1. The maximum absolute atomic E-state index is 5.91. The fraction of sp³-hybridized carbons (Fsp3) is 0.375. The van der Waals surface area contributed by atoms with Crippen molar-refractivity contribution in [1.82, 2.24) is 9.97 Å². The molecule has 5 nitrogen and oxygen atoms in total. The molecule has 2 N–H and O–H groups in total. The molecule has 0 spiro atoms. The Morgan fingerprint density at radius 1 is 1.05 bits per heavy atom. The summed E-state index contributed by atoms with van der Waals surface area (Å²) in [5.41, 5.74) is 7.11. The highest BCUT2D eigenvalue weighted by molar-refractivity contribution is 5.35. The van der Waals surface area contributed by atoms with Crippen LogP contribution in [0.25, 0.3) is 0 Å². The summed E-state index contributed by atoms with van der Waals surface area (Å²) in [6, 6.07) is 8.22. The fourth-order valence-electron chi connectivity index (χ4n) is 2.37. The predicted octanol–water partition coefficient (Wildman–Crippen LogP) is 2.50. The molecular formula is C16H20N4O. The summed E-state index contributed by atoms with van der Waals surface area (Å²) < 4.78 is 5.73. The maximum Gasteiger partial charge on any atom is 0.225 e. The van der Waals surface area contributed by atoms with Gasteiger partial charge in [0, 0.05) is 19.1 Å². The van der Waals surface area contributed by atoms with Gasteiger partial charge < -0.3 is 15.4 Å². The molecule has 110 valence electrons. The third-order valence-corrected chi connectivity index (χ3v) is 3.69. The van der Waals surface area contributed by atoms with E-state index in [0.29, 0.717) is 11.8 Å². The number of piperidine rings is 1. The van der Waals surface area contributed by atoms with Crippen molar-refractivity contribution >= 4 is 5.95 Å². The second-order valence-electron chi connectivity index (χ2n) is 5.46. The SMILES string of the molecule is Cc1ccc(Oc2cnc(N3CCC(N)CC3)nc2)cc1. The van der Waals surface area contributed by atoms with Crippen molar-refractivity contribution < 1.29 is 4.74 Å². The summed E-state index contributed by atoms with van der Waals surface area (Å²) >= 11 is 0. The standard InChI is InChI=1S/C16H20N4O/c1-12-2-4-14(5-3-12)21-15-10-18-16(19-11-15)20-8-6-13(17)7-9-20/h2-5,10-11,13H,6-9,17H2,1H3. The number of hydrogen-bond acceptors (Lipinski definition) is 5. The van der Waals surface area contributed by atoms with Crippen molar-refractivity contribution in [3.05, 3.63) is 42.2 Å². The van der Waals surface area contributed by atoms with Crippen LogP contribution in [0.2, 0.25) is 0 Å². The van der Waals surface area contributed by atoms with E-state index in [1.165, 1.54) is 5.56 Å². The molecule has 1 saturated heterocycles. The van der Waals surface area contributed by atoms with E-state index in [1.807, 2.05) is 31.2 Å². The van der Waals surface area contributed by atoms with Crippen molar-refractivity contribution in [2.75, 3.05) is 18.0 Å². The van der Waals surface area contributed by atoms with Gasteiger partial charge in [-0.25, -0.2) is 9.97 Å². The van der Waals surface area contributed by atoms with E-state index in [4.69, 9.17) is 10.5 Å². The van der Waals surface area contributed by atoms with E-state index < -0.39 is 0 Å². The Labute approximate surface area is 124 Å². The molecule has 21 heavy (non-hydrogen) atoms. The lowest BCUT2D eigenvalue weighted by molar-refractivity contribution is 0.473. The molecule has 3 rings (SSSR count). The Balaban J connectivity index is 1.65. The molecule has 1 aliphatic heterocycles. The molecular weight excluding hydrogens is 264 g/mol. The van der Waals surface area contributed by atoms with Crippen LogP contribution in [0.4, 0.5) is 5.95 Å². The van der Waals surface area contributed by atoms with Crippen LogP contribution in [0.15, 0.2) is 36.7 Å². The molecule has 1 aromatic heterocycles. The van der Waals surface area contributed by atoms with E-state index in [0.717, 1.165) is 37.6 Å². The third kappa shape index (κ3) is 3.49. The predicted molar refractivity (Wildman–Crippen MR) is 82.7 cm³/mol. The molecule has 0 radical (unpaired) electrons. The summed E-state index contributed by atoms with van der Waals surface area (Å²) in [7, 11) is 0. The Kier molecular flexibility index (Phi) is 4.01. The summed E-state index contributed by atoms with van der Waals surface area (Å²) in [6.45, 7) is 3.88. The Bertz CT molecular complexity index is 574. The van der Waals surface area contributed by atoms with Gasteiger partial charge in [-0.05, 0) is 31.9 Å². The van der Waals surface area contributed by atoms with Crippen LogP contribution in [-0.4, -0.2) is 29.1 Å². The average molecular weight is 284 g/mol. The smallest absolute Gasteiger partial charge is 0.225 e. The van der Waals surface area contributed by atoms with Crippen LogP contribution in [0.3, 0.4) is 0 Å². The van der Waals surface area contributed by atoms with Gasteiger partial charge in [0.2, 0.25) is 5.95 Å². The monoisotopic (exact) mass is 284 g/mol. The Morgan fingerprint density at radius 3 is 2.29 bits per heavy atom. The van der Waals surface area contributed by atoms with E-state index in [9.17, 15) is 0 Å². The summed E-state index contributed by atoms with van der Waals surface area (Å²) in [5, 5.41) is 0. The number of rotatable bonds is 3. The molecule has 1 aromatic carbocycles. The first kappa shape index (κ1) is 13.8. The molecule has 2 heterocycles. The van der Waals surface area contributed by atoms with Crippen molar-refractivity contribution in [3.63, 3.8) is 0 Å². The zero-order valence-electron chi connectivity index (χ0n) is 12.2. The lowest BCUT2D eigenvalue weighted by Gasteiger charge is -2.29. The van der Waals surface area contributed by atoms with Gasteiger partial charge in [0.1, 0.15) is 5.75 Å². The van der Waals surface area contributed by atoms with Gasteiger partial charge in [0.25, 0.3) is 0 Å². The first-order valence-corrected chi connectivity index (χ1v) is 7.28. The molecule has 1 aliphatic rings. The van der Waals surface area contributed by atoms with Gasteiger partial charge in [-0.2, -0.15) is 0 Å². The van der Waals surface area contributed by atoms with Gasteiger partial charge in [-0.1, -0.05) is 17.7 Å². The number of aromatic nitrogens is 2. The molecule has 0 amide bonds. The van der Waals surface area contributed by atoms with Crippen LogP contribution in [-0.2, 0) is 0 Å². The van der Waals surface area contributed by atoms with Gasteiger partial charge in [-0.15, -0.1) is 0 Å². The molecule has 0 unspecified atom stereocenters. The van der Waals surface area contributed by atoms with E-state index in [2.05, 4.69) is 14.9 Å². The van der Waals surface area contributed by atoms with E-state index in [1.54, 1.807) is 12.4 Å². The number of benzene rings is 1. The minimum Gasteiger partial charge on any atom is -0.454 e. The van der Waals surface area contributed by atoms with Crippen LogP contribution in [0, 0.1) is 6.92 Å². The largest absolute Gasteiger partial charge is 0.454 e. The Morgan fingerprint density at radius 2 is 1.67 bits per heavy atom. The average Bonchev–Trinajstić information content (AvgIpc) is 2.51. The fourth-order valence-corrected chi connectivity index (χ4v) is 2.37. The van der Waals surface area contributed by atoms with Crippen LogP contribution < -0.4 is 15.4 Å².